The molecule has 158 valence electrons. The second-order valence-electron chi connectivity index (χ2n) is 6.73. The Labute approximate surface area is 177 Å². The van der Waals surface area contributed by atoms with Crippen LogP contribution < -0.4 is 20.7 Å². The Morgan fingerprint density at radius 2 is 1.58 bits per heavy atom. The smallest absolute Gasteiger partial charge is 0.352 e. The molecule has 2 aliphatic rings. The van der Waals surface area contributed by atoms with E-state index < -0.39 is 11.2 Å². The van der Waals surface area contributed by atoms with E-state index >= 15 is 0 Å². The van der Waals surface area contributed by atoms with Gasteiger partial charge in [-0.3, -0.25) is 9.36 Å². The average molecular weight is 419 g/mol. The first-order valence-electron chi connectivity index (χ1n) is 9.99. The second-order valence-corrected chi connectivity index (χ2v) is 6.73. The molecule has 0 aromatic heterocycles. The Kier molecular flexibility index (Phi) is 5.74. The summed E-state index contributed by atoms with van der Waals surface area (Å²) >= 11 is 0. The number of fused-ring (bicyclic) bond motifs is 1. The van der Waals surface area contributed by atoms with Crippen LogP contribution in [0.15, 0.2) is 64.2 Å². The fraction of sp³-hybridized carbons (Fsp3) is 0.227. The van der Waals surface area contributed by atoms with Crippen LogP contribution >= 0.6 is 0 Å². The van der Waals surface area contributed by atoms with Crippen molar-refractivity contribution in [3.8, 4) is 34.8 Å². The van der Waals surface area contributed by atoms with E-state index in [1.807, 2.05) is 44.2 Å². The molecule has 0 unspecified atom stereocenters. The molecule has 2 aromatic carbocycles. The lowest BCUT2D eigenvalue weighted by atomic mass is 10.3. The van der Waals surface area contributed by atoms with Crippen molar-refractivity contribution < 1.29 is 9.47 Å². The van der Waals surface area contributed by atoms with Crippen molar-refractivity contribution in [2.24, 2.45) is 0 Å². The lowest BCUT2D eigenvalue weighted by Gasteiger charge is -2.14. The van der Waals surface area contributed by atoms with Crippen molar-refractivity contribution in [1.82, 2.24) is 24.3 Å². The number of nitrogens with zero attached hydrogens (tertiary/aromatic N) is 5. The minimum absolute atomic E-state index is 0.0215. The van der Waals surface area contributed by atoms with Crippen molar-refractivity contribution in [2.75, 3.05) is 0 Å². The topological polar surface area (TPSA) is 101 Å². The van der Waals surface area contributed by atoms with Crippen LogP contribution in [-0.2, 0) is 13.1 Å². The van der Waals surface area contributed by atoms with E-state index in [1.54, 1.807) is 24.3 Å². The Morgan fingerprint density at radius 3 is 2.29 bits per heavy atom. The minimum Gasteiger partial charge on any atom is -0.457 e. The SMILES string of the molecule is CCCn1c(=O)nc2n(CC)nc(Oc3cccc(Oc4ccccc4)c3)nc-2c1=O. The van der Waals surface area contributed by atoms with Crippen LogP contribution in [0, 0.1) is 0 Å². The zero-order valence-corrected chi connectivity index (χ0v) is 17.2. The summed E-state index contributed by atoms with van der Waals surface area (Å²) in [6, 6.07) is 16.4. The van der Waals surface area contributed by atoms with Crippen molar-refractivity contribution in [3.05, 3.63) is 75.4 Å². The van der Waals surface area contributed by atoms with Crippen LogP contribution in [0.1, 0.15) is 20.3 Å². The van der Waals surface area contributed by atoms with Crippen molar-refractivity contribution in [3.63, 3.8) is 0 Å². The summed E-state index contributed by atoms with van der Waals surface area (Å²) in [7, 11) is 0. The Bertz CT molecular complexity index is 1280. The number of aryl methyl sites for hydroxylation is 1. The Hall–Kier alpha value is -4.01. The van der Waals surface area contributed by atoms with Crippen molar-refractivity contribution >= 4 is 0 Å². The standard InChI is InChI=1S/C22H21N5O4/c1-3-13-26-20(28)18-19(24-22(26)29)27(4-2)25-21(23-18)31-17-12-8-11-16(14-17)30-15-9-6-5-7-10-15/h5-12,14H,3-4,13H2,1-2H3. The summed E-state index contributed by atoms with van der Waals surface area (Å²) in [5, 5.41) is 4.28. The predicted octanol–water partition coefficient (Wildman–Crippen LogP) is 3.31. The van der Waals surface area contributed by atoms with Crippen LogP contribution in [0.2, 0.25) is 0 Å². The predicted molar refractivity (Wildman–Crippen MR) is 114 cm³/mol. The van der Waals surface area contributed by atoms with E-state index in [4.69, 9.17) is 9.47 Å². The normalized spacial score (nSPS) is 10.9. The van der Waals surface area contributed by atoms with Gasteiger partial charge in [0, 0.05) is 19.2 Å². The number of para-hydroxylation sites is 1. The second kappa shape index (κ2) is 8.78. The molecule has 31 heavy (non-hydrogen) atoms. The van der Waals surface area contributed by atoms with Crippen LogP contribution in [0.5, 0.6) is 23.3 Å². The van der Waals surface area contributed by atoms with Crippen LogP contribution in [-0.4, -0.2) is 24.3 Å². The molecular formula is C22H21N5O4. The van der Waals surface area contributed by atoms with Crippen molar-refractivity contribution in [1.29, 1.82) is 0 Å². The molecule has 0 atom stereocenters. The van der Waals surface area contributed by atoms with Gasteiger partial charge in [0.2, 0.25) is 0 Å². The first-order valence-corrected chi connectivity index (χ1v) is 9.99. The van der Waals surface area contributed by atoms with Gasteiger partial charge in [-0.05, 0) is 37.6 Å². The third-order valence-corrected chi connectivity index (χ3v) is 4.49. The van der Waals surface area contributed by atoms with Crippen molar-refractivity contribution in [2.45, 2.75) is 33.4 Å². The van der Waals surface area contributed by atoms with Gasteiger partial charge in [-0.1, -0.05) is 31.2 Å². The molecule has 0 fully saturated rings. The van der Waals surface area contributed by atoms with Gasteiger partial charge in [-0.25, -0.2) is 9.48 Å². The van der Waals surface area contributed by atoms with Gasteiger partial charge >= 0.3 is 11.7 Å². The maximum atomic E-state index is 12.8. The fourth-order valence-electron chi connectivity index (χ4n) is 3.08. The molecule has 2 aromatic rings. The van der Waals surface area contributed by atoms with Gasteiger partial charge in [-0.15, -0.1) is 5.10 Å². The summed E-state index contributed by atoms with van der Waals surface area (Å²) in [5.74, 6) is 1.85. The average Bonchev–Trinajstić information content (AvgIpc) is 2.78. The molecule has 4 rings (SSSR count). The summed E-state index contributed by atoms with van der Waals surface area (Å²) < 4.78 is 14.1. The molecule has 0 N–H and O–H groups in total. The molecule has 0 spiro atoms. The lowest BCUT2D eigenvalue weighted by Crippen LogP contribution is -2.39. The van der Waals surface area contributed by atoms with Gasteiger partial charge in [0.25, 0.3) is 5.56 Å². The maximum Gasteiger partial charge on any atom is 0.352 e. The number of benzene rings is 2. The van der Waals surface area contributed by atoms with Gasteiger partial charge < -0.3 is 9.47 Å². The van der Waals surface area contributed by atoms with Gasteiger partial charge in [0.05, 0.1) is 0 Å². The van der Waals surface area contributed by atoms with E-state index in [1.165, 1.54) is 4.68 Å². The minimum atomic E-state index is -0.607. The quantitative estimate of drug-likeness (QED) is 0.453. The molecular weight excluding hydrogens is 398 g/mol. The van der Waals surface area contributed by atoms with Gasteiger partial charge in [0.15, 0.2) is 11.5 Å². The molecule has 9 nitrogen and oxygen atoms in total. The summed E-state index contributed by atoms with van der Waals surface area (Å²) in [5.41, 5.74) is -1.08. The molecule has 0 saturated heterocycles. The molecule has 0 aliphatic carbocycles. The monoisotopic (exact) mass is 419 g/mol. The highest BCUT2D eigenvalue weighted by atomic mass is 16.5. The lowest BCUT2D eigenvalue weighted by molar-refractivity contribution is 0.407. The molecule has 0 amide bonds. The van der Waals surface area contributed by atoms with Crippen LogP contribution in [0.4, 0.5) is 0 Å². The highest BCUT2D eigenvalue weighted by Gasteiger charge is 2.21. The number of aromatic nitrogens is 5. The third-order valence-electron chi connectivity index (χ3n) is 4.49. The summed E-state index contributed by atoms with van der Waals surface area (Å²) in [6.45, 7) is 4.36. The zero-order chi connectivity index (χ0) is 21.8. The third kappa shape index (κ3) is 4.30. The first kappa shape index (κ1) is 20.3. The highest BCUT2D eigenvalue weighted by molar-refractivity contribution is 5.49. The number of rotatable bonds is 7. The fourth-order valence-corrected chi connectivity index (χ4v) is 3.08. The Balaban J connectivity index is 1.70. The first-order chi connectivity index (χ1) is 15.1. The molecule has 9 heteroatoms. The molecule has 0 radical (unpaired) electrons. The van der Waals surface area contributed by atoms with Gasteiger partial charge in [-0.2, -0.15) is 9.97 Å². The molecule has 0 saturated carbocycles. The van der Waals surface area contributed by atoms with Crippen LogP contribution in [0.3, 0.4) is 0 Å². The zero-order valence-electron chi connectivity index (χ0n) is 17.2. The summed E-state index contributed by atoms with van der Waals surface area (Å²) in [6.07, 6.45) is 0.624. The van der Waals surface area contributed by atoms with E-state index in [9.17, 15) is 9.59 Å². The van der Waals surface area contributed by atoms with Gasteiger partial charge in [0.1, 0.15) is 17.2 Å². The number of ether oxygens (including phenoxy) is 2. The Morgan fingerprint density at radius 1 is 0.871 bits per heavy atom. The highest BCUT2D eigenvalue weighted by Crippen LogP contribution is 2.27. The number of hydrogen-bond donors (Lipinski definition) is 0. The van der Waals surface area contributed by atoms with E-state index in [-0.39, 0.29) is 24.1 Å². The van der Waals surface area contributed by atoms with E-state index in [0.29, 0.717) is 30.2 Å². The van der Waals surface area contributed by atoms with E-state index in [2.05, 4.69) is 15.1 Å². The molecule has 2 heterocycles. The van der Waals surface area contributed by atoms with Crippen LogP contribution in [0.25, 0.3) is 11.5 Å². The molecule has 2 aliphatic heterocycles. The van der Waals surface area contributed by atoms with E-state index in [0.717, 1.165) is 4.57 Å². The largest absolute Gasteiger partial charge is 0.457 e. The molecule has 0 bridgehead atoms. The summed E-state index contributed by atoms with van der Waals surface area (Å²) in [4.78, 5) is 33.3. The number of hydrogen-bond acceptors (Lipinski definition) is 7. The maximum absolute atomic E-state index is 12.8.